The fourth-order valence-electron chi connectivity index (χ4n) is 2.23. The van der Waals surface area contributed by atoms with Gasteiger partial charge in [-0.2, -0.15) is 0 Å². The summed E-state index contributed by atoms with van der Waals surface area (Å²) in [6.45, 7) is 0. The summed E-state index contributed by atoms with van der Waals surface area (Å²) in [6, 6.07) is 20.5. The highest BCUT2D eigenvalue weighted by Gasteiger charge is 2.10. The predicted octanol–water partition coefficient (Wildman–Crippen LogP) is 4.79. The van der Waals surface area contributed by atoms with Gasteiger partial charge in [-0.25, -0.2) is 0 Å². The van der Waals surface area contributed by atoms with Crippen molar-refractivity contribution in [1.29, 1.82) is 0 Å². The van der Waals surface area contributed by atoms with Crippen LogP contribution >= 0.6 is 0 Å². The fourth-order valence-corrected chi connectivity index (χ4v) is 2.23. The number of nitro benzene ring substituents is 1. The molecule has 6 nitrogen and oxygen atoms in total. The normalized spacial score (nSPS) is 10.7. The first-order valence-electron chi connectivity index (χ1n) is 7.55. The number of aromatic hydroxyl groups is 1. The maximum atomic E-state index is 11.0. The lowest BCUT2D eigenvalue weighted by Gasteiger charge is -2.09. The zero-order valence-electron chi connectivity index (χ0n) is 13.2. The SMILES string of the molecule is O=[N+]([O-])c1ccc(Nc2ccccc2)c(N=Cc2ccc(O)cc2)c1. The number of rotatable bonds is 5. The van der Waals surface area contributed by atoms with Gasteiger partial charge in [-0.1, -0.05) is 18.2 Å². The second kappa shape index (κ2) is 7.27. The molecule has 0 heterocycles. The Bertz CT molecular complexity index is 907. The zero-order valence-corrected chi connectivity index (χ0v) is 13.2. The Kier molecular flexibility index (Phi) is 4.71. The minimum absolute atomic E-state index is 0.0310. The van der Waals surface area contributed by atoms with E-state index in [0.29, 0.717) is 11.4 Å². The number of anilines is 2. The molecule has 0 saturated heterocycles. The number of para-hydroxylation sites is 1. The molecule has 0 aromatic heterocycles. The Morgan fingerprint density at radius 3 is 2.40 bits per heavy atom. The summed E-state index contributed by atoms with van der Waals surface area (Å²) < 4.78 is 0. The van der Waals surface area contributed by atoms with Crippen LogP contribution in [0.15, 0.2) is 77.8 Å². The second-order valence-electron chi connectivity index (χ2n) is 5.30. The van der Waals surface area contributed by atoms with E-state index in [1.54, 1.807) is 36.5 Å². The van der Waals surface area contributed by atoms with Crippen LogP contribution in [0.1, 0.15) is 5.56 Å². The average molecular weight is 333 g/mol. The third-order valence-electron chi connectivity index (χ3n) is 3.49. The Labute approximate surface area is 144 Å². The Hall–Kier alpha value is -3.67. The van der Waals surface area contributed by atoms with Crippen molar-refractivity contribution in [1.82, 2.24) is 0 Å². The molecule has 0 radical (unpaired) electrons. The molecule has 0 bridgehead atoms. The Morgan fingerprint density at radius 1 is 1.00 bits per heavy atom. The van der Waals surface area contributed by atoms with Crippen LogP contribution in [-0.2, 0) is 0 Å². The van der Waals surface area contributed by atoms with Crippen molar-refractivity contribution in [3.05, 3.63) is 88.5 Å². The van der Waals surface area contributed by atoms with Crippen molar-refractivity contribution in [2.24, 2.45) is 4.99 Å². The van der Waals surface area contributed by atoms with Gasteiger partial charge in [-0.15, -0.1) is 0 Å². The molecule has 3 rings (SSSR count). The van der Waals surface area contributed by atoms with Gasteiger partial charge in [0.05, 0.1) is 16.3 Å². The highest BCUT2D eigenvalue weighted by molar-refractivity contribution is 5.85. The lowest BCUT2D eigenvalue weighted by Crippen LogP contribution is -1.93. The number of phenols is 1. The molecular formula is C19H15N3O3. The summed E-state index contributed by atoms with van der Waals surface area (Å²) in [5.41, 5.74) is 2.71. The summed E-state index contributed by atoms with van der Waals surface area (Å²) in [4.78, 5) is 15.0. The molecule has 0 amide bonds. The minimum atomic E-state index is -0.453. The van der Waals surface area contributed by atoms with E-state index in [9.17, 15) is 15.2 Å². The number of benzene rings is 3. The van der Waals surface area contributed by atoms with Gasteiger partial charge in [0.15, 0.2) is 0 Å². The molecule has 0 aliphatic carbocycles. The third-order valence-corrected chi connectivity index (χ3v) is 3.49. The topological polar surface area (TPSA) is 87.8 Å². The largest absolute Gasteiger partial charge is 0.508 e. The molecule has 124 valence electrons. The van der Waals surface area contributed by atoms with Crippen molar-refractivity contribution in [3.8, 4) is 5.75 Å². The van der Waals surface area contributed by atoms with Crippen LogP contribution < -0.4 is 5.32 Å². The highest BCUT2D eigenvalue weighted by atomic mass is 16.6. The quantitative estimate of drug-likeness (QED) is 0.399. The van der Waals surface area contributed by atoms with E-state index in [-0.39, 0.29) is 11.4 Å². The molecule has 3 aromatic rings. The minimum Gasteiger partial charge on any atom is -0.508 e. The van der Waals surface area contributed by atoms with Crippen LogP contribution in [0.25, 0.3) is 0 Å². The molecule has 0 fully saturated rings. The molecule has 0 aliphatic heterocycles. The van der Waals surface area contributed by atoms with Gasteiger partial charge in [0.2, 0.25) is 0 Å². The first-order valence-corrected chi connectivity index (χ1v) is 7.55. The van der Waals surface area contributed by atoms with Crippen LogP contribution in [0.5, 0.6) is 5.75 Å². The monoisotopic (exact) mass is 333 g/mol. The first-order chi connectivity index (χ1) is 12.1. The first kappa shape index (κ1) is 16.2. The number of aliphatic imine (C=N–C) groups is 1. The third kappa shape index (κ3) is 4.20. The molecule has 0 aliphatic rings. The van der Waals surface area contributed by atoms with Crippen LogP contribution in [0.4, 0.5) is 22.7 Å². The smallest absolute Gasteiger partial charge is 0.271 e. The van der Waals surface area contributed by atoms with E-state index in [1.165, 1.54) is 12.1 Å². The zero-order chi connectivity index (χ0) is 17.6. The van der Waals surface area contributed by atoms with Gasteiger partial charge in [-0.05, 0) is 48.0 Å². The van der Waals surface area contributed by atoms with E-state index in [0.717, 1.165) is 11.3 Å². The summed E-state index contributed by atoms with van der Waals surface area (Å²) in [5.74, 6) is 0.166. The standard InChI is InChI=1S/C19H15N3O3/c23-17-9-6-14(7-10-17)13-20-19-12-16(22(24)25)8-11-18(19)21-15-4-2-1-3-5-15/h1-13,21,23H. The van der Waals surface area contributed by atoms with Gasteiger partial charge in [0.1, 0.15) is 5.75 Å². The Morgan fingerprint density at radius 2 is 1.72 bits per heavy atom. The number of nitro groups is 1. The molecular weight excluding hydrogens is 318 g/mol. The lowest BCUT2D eigenvalue weighted by atomic mass is 10.2. The van der Waals surface area contributed by atoms with E-state index in [2.05, 4.69) is 10.3 Å². The fraction of sp³-hybridized carbons (Fsp3) is 0. The molecule has 0 spiro atoms. The van der Waals surface area contributed by atoms with Gasteiger partial charge in [0.25, 0.3) is 5.69 Å². The summed E-state index contributed by atoms with van der Waals surface area (Å²) >= 11 is 0. The van der Waals surface area contributed by atoms with Crippen molar-refractivity contribution in [2.75, 3.05) is 5.32 Å². The van der Waals surface area contributed by atoms with Gasteiger partial charge in [0, 0.05) is 24.0 Å². The van der Waals surface area contributed by atoms with Crippen LogP contribution in [-0.4, -0.2) is 16.2 Å². The van der Waals surface area contributed by atoms with Crippen molar-refractivity contribution in [3.63, 3.8) is 0 Å². The van der Waals surface area contributed by atoms with Crippen LogP contribution in [0.3, 0.4) is 0 Å². The van der Waals surface area contributed by atoms with E-state index >= 15 is 0 Å². The maximum absolute atomic E-state index is 11.0. The van der Waals surface area contributed by atoms with Crippen LogP contribution in [0, 0.1) is 10.1 Å². The summed E-state index contributed by atoms with van der Waals surface area (Å²) in [6.07, 6.45) is 1.59. The van der Waals surface area contributed by atoms with E-state index in [4.69, 9.17) is 0 Å². The van der Waals surface area contributed by atoms with Crippen molar-refractivity contribution in [2.45, 2.75) is 0 Å². The number of hydrogen-bond donors (Lipinski definition) is 2. The van der Waals surface area contributed by atoms with E-state index in [1.807, 2.05) is 30.3 Å². The highest BCUT2D eigenvalue weighted by Crippen LogP contribution is 2.32. The van der Waals surface area contributed by atoms with Crippen molar-refractivity contribution >= 4 is 29.0 Å². The molecule has 0 unspecified atom stereocenters. The molecule has 3 aromatic carbocycles. The number of nitrogens with zero attached hydrogens (tertiary/aromatic N) is 2. The second-order valence-corrected chi connectivity index (χ2v) is 5.30. The number of non-ortho nitro benzene ring substituents is 1. The van der Waals surface area contributed by atoms with Gasteiger partial charge in [-0.3, -0.25) is 15.1 Å². The number of nitrogens with one attached hydrogen (secondary N) is 1. The maximum Gasteiger partial charge on any atom is 0.271 e. The average Bonchev–Trinajstić information content (AvgIpc) is 2.63. The van der Waals surface area contributed by atoms with Gasteiger partial charge >= 0.3 is 0 Å². The van der Waals surface area contributed by atoms with E-state index < -0.39 is 4.92 Å². The van der Waals surface area contributed by atoms with Crippen molar-refractivity contribution < 1.29 is 10.0 Å². The molecule has 2 N–H and O–H groups in total. The molecule has 25 heavy (non-hydrogen) atoms. The number of hydrogen-bond acceptors (Lipinski definition) is 5. The Balaban J connectivity index is 1.94. The summed E-state index contributed by atoms with van der Waals surface area (Å²) in [7, 11) is 0. The van der Waals surface area contributed by atoms with Gasteiger partial charge < -0.3 is 10.4 Å². The lowest BCUT2D eigenvalue weighted by molar-refractivity contribution is -0.384. The number of phenolic OH excluding ortho intramolecular Hbond substituents is 1. The molecule has 6 heteroatoms. The molecule has 0 atom stereocenters. The van der Waals surface area contributed by atoms with Crippen LogP contribution in [0.2, 0.25) is 0 Å². The summed E-state index contributed by atoms with van der Waals surface area (Å²) in [5, 5.41) is 23.6. The molecule has 0 saturated carbocycles. The predicted molar refractivity (Wildman–Crippen MR) is 98.2 cm³/mol.